The summed E-state index contributed by atoms with van der Waals surface area (Å²) in [5, 5.41) is 3.06. The molecule has 6 heteroatoms. The summed E-state index contributed by atoms with van der Waals surface area (Å²) in [4.78, 5) is 8.54. The molecule has 0 bridgehead atoms. The quantitative estimate of drug-likeness (QED) is 0.420. The van der Waals surface area contributed by atoms with Crippen LogP contribution in [-0.2, 0) is 6.54 Å². The fraction of sp³-hybridized carbons (Fsp3) is 0.294. The smallest absolute Gasteiger partial charge is 0.213 e. The summed E-state index contributed by atoms with van der Waals surface area (Å²) in [6, 6.07) is 11.8. The van der Waals surface area contributed by atoms with Crippen molar-refractivity contribution in [3.05, 3.63) is 53.7 Å². The van der Waals surface area contributed by atoms with Crippen LogP contribution in [0, 0.1) is 6.92 Å². The summed E-state index contributed by atoms with van der Waals surface area (Å²) in [6.07, 6.45) is 2.72. The minimum atomic E-state index is 0. The largest absolute Gasteiger partial charge is 0.478 e. The Balaban J connectivity index is 0.00000264. The molecule has 0 unspecified atom stereocenters. The van der Waals surface area contributed by atoms with Crippen LogP contribution < -0.4 is 15.8 Å². The lowest BCUT2D eigenvalue weighted by Crippen LogP contribution is -2.22. The molecule has 5 nitrogen and oxygen atoms in total. The molecule has 0 atom stereocenters. The van der Waals surface area contributed by atoms with E-state index in [9.17, 15) is 0 Å². The number of aromatic nitrogens is 1. The molecule has 0 amide bonds. The van der Waals surface area contributed by atoms with Gasteiger partial charge in [0.1, 0.15) is 0 Å². The predicted octanol–water partition coefficient (Wildman–Crippen LogP) is 3.72. The van der Waals surface area contributed by atoms with Crippen LogP contribution in [0.5, 0.6) is 5.88 Å². The van der Waals surface area contributed by atoms with Gasteiger partial charge >= 0.3 is 0 Å². The molecule has 23 heavy (non-hydrogen) atoms. The molecule has 1 aromatic carbocycles. The van der Waals surface area contributed by atoms with Crippen molar-refractivity contribution in [3.8, 4) is 5.88 Å². The summed E-state index contributed by atoms with van der Waals surface area (Å²) < 4.78 is 5.44. The van der Waals surface area contributed by atoms with Crippen LogP contribution in [0.25, 0.3) is 0 Å². The number of aliphatic imine (C=N–C) groups is 1. The zero-order valence-corrected chi connectivity index (χ0v) is 15.8. The van der Waals surface area contributed by atoms with Crippen molar-refractivity contribution in [1.82, 2.24) is 4.98 Å². The average molecular weight is 426 g/mol. The van der Waals surface area contributed by atoms with Crippen molar-refractivity contribution >= 4 is 35.6 Å². The number of nitrogens with two attached hydrogens (primary N) is 1. The Labute approximate surface area is 154 Å². The third-order valence-corrected chi connectivity index (χ3v) is 3.01. The molecular weight excluding hydrogens is 403 g/mol. The highest BCUT2D eigenvalue weighted by Crippen LogP contribution is 2.10. The second kappa shape index (κ2) is 10.0. The van der Waals surface area contributed by atoms with Gasteiger partial charge < -0.3 is 15.8 Å². The topological polar surface area (TPSA) is 72.5 Å². The summed E-state index contributed by atoms with van der Waals surface area (Å²) in [5.74, 6) is 1.02. The van der Waals surface area contributed by atoms with Gasteiger partial charge in [-0.3, -0.25) is 0 Å². The van der Waals surface area contributed by atoms with Crippen LogP contribution >= 0.6 is 24.0 Å². The van der Waals surface area contributed by atoms with E-state index in [-0.39, 0.29) is 24.0 Å². The predicted molar refractivity (Wildman–Crippen MR) is 106 cm³/mol. The normalized spacial score (nSPS) is 10.8. The molecule has 0 aliphatic heterocycles. The lowest BCUT2D eigenvalue weighted by molar-refractivity contribution is 0.305. The molecule has 0 saturated heterocycles. The zero-order valence-electron chi connectivity index (χ0n) is 13.5. The van der Waals surface area contributed by atoms with Crippen molar-refractivity contribution in [3.63, 3.8) is 0 Å². The number of guanidine groups is 1. The second-order valence-electron chi connectivity index (χ2n) is 5.05. The Bertz CT molecular complexity index is 611. The number of hydrogen-bond donors (Lipinski definition) is 2. The fourth-order valence-electron chi connectivity index (χ4n) is 1.80. The monoisotopic (exact) mass is 426 g/mol. The first-order chi connectivity index (χ1) is 10.7. The number of halogens is 1. The highest BCUT2D eigenvalue weighted by molar-refractivity contribution is 14.0. The Hall–Kier alpha value is -1.83. The molecule has 0 aliphatic carbocycles. The molecule has 0 saturated carbocycles. The molecule has 0 spiro atoms. The molecule has 2 rings (SSSR count). The highest BCUT2D eigenvalue weighted by atomic mass is 127. The molecule has 2 aromatic rings. The molecule has 1 heterocycles. The number of rotatable bonds is 6. The van der Waals surface area contributed by atoms with Gasteiger partial charge in [0.15, 0.2) is 5.96 Å². The SMILES string of the molecule is CCCOc1ccc(CN=C(N)Nc2ccc(C)cc2)cn1.I. The number of benzene rings is 1. The highest BCUT2D eigenvalue weighted by Gasteiger charge is 1.98. The first-order valence-corrected chi connectivity index (χ1v) is 7.38. The van der Waals surface area contributed by atoms with Crippen molar-refractivity contribution in [1.29, 1.82) is 0 Å². The maximum absolute atomic E-state index is 5.88. The van der Waals surface area contributed by atoms with Crippen LogP contribution in [-0.4, -0.2) is 17.6 Å². The number of aryl methyl sites for hydroxylation is 1. The first kappa shape index (κ1) is 19.2. The van der Waals surface area contributed by atoms with E-state index >= 15 is 0 Å². The van der Waals surface area contributed by atoms with E-state index in [1.807, 2.05) is 43.3 Å². The second-order valence-corrected chi connectivity index (χ2v) is 5.05. The minimum Gasteiger partial charge on any atom is -0.478 e. The zero-order chi connectivity index (χ0) is 15.8. The molecular formula is C17H23IN4O. The maximum atomic E-state index is 5.88. The van der Waals surface area contributed by atoms with Gasteiger partial charge in [-0.2, -0.15) is 0 Å². The molecule has 1 aromatic heterocycles. The van der Waals surface area contributed by atoms with E-state index < -0.39 is 0 Å². The molecule has 3 N–H and O–H groups in total. The number of hydrogen-bond acceptors (Lipinski definition) is 3. The average Bonchev–Trinajstić information content (AvgIpc) is 2.54. The molecule has 124 valence electrons. The minimum absolute atomic E-state index is 0. The summed E-state index contributed by atoms with van der Waals surface area (Å²) in [6.45, 7) is 5.26. The number of ether oxygens (including phenoxy) is 1. The van der Waals surface area contributed by atoms with E-state index in [2.05, 4.69) is 22.2 Å². The lowest BCUT2D eigenvalue weighted by atomic mass is 10.2. The number of anilines is 1. The van der Waals surface area contributed by atoms with Gasteiger partial charge in [-0.05, 0) is 31.0 Å². The Morgan fingerprint density at radius 3 is 2.57 bits per heavy atom. The van der Waals surface area contributed by atoms with Crippen LogP contribution in [0.4, 0.5) is 5.69 Å². The van der Waals surface area contributed by atoms with Gasteiger partial charge in [0.05, 0.1) is 13.2 Å². The third-order valence-electron chi connectivity index (χ3n) is 3.01. The standard InChI is InChI=1S/C17H22N4O.HI/c1-3-10-22-16-9-6-14(11-19-16)12-20-17(18)21-15-7-4-13(2)5-8-15;/h4-9,11H,3,10,12H2,1-2H3,(H3,18,20,21);1H. The summed E-state index contributed by atoms with van der Waals surface area (Å²) in [7, 11) is 0. The molecule has 0 radical (unpaired) electrons. The fourth-order valence-corrected chi connectivity index (χ4v) is 1.80. The molecule has 0 aliphatic rings. The van der Waals surface area contributed by atoms with E-state index in [0.717, 1.165) is 17.7 Å². The molecule has 0 fully saturated rings. The lowest BCUT2D eigenvalue weighted by Gasteiger charge is -2.06. The van der Waals surface area contributed by atoms with Gasteiger partial charge in [-0.1, -0.05) is 30.7 Å². The van der Waals surface area contributed by atoms with Gasteiger partial charge in [0.2, 0.25) is 5.88 Å². The number of pyridine rings is 1. The number of nitrogens with one attached hydrogen (secondary N) is 1. The first-order valence-electron chi connectivity index (χ1n) is 7.38. The Morgan fingerprint density at radius 1 is 1.22 bits per heavy atom. The van der Waals surface area contributed by atoms with Crippen LogP contribution in [0.15, 0.2) is 47.6 Å². The van der Waals surface area contributed by atoms with Crippen molar-refractivity contribution < 1.29 is 4.74 Å². The van der Waals surface area contributed by atoms with Gasteiger partial charge in [-0.15, -0.1) is 24.0 Å². The van der Waals surface area contributed by atoms with E-state index in [4.69, 9.17) is 10.5 Å². The van der Waals surface area contributed by atoms with Crippen molar-refractivity contribution in [2.45, 2.75) is 26.8 Å². The van der Waals surface area contributed by atoms with Crippen molar-refractivity contribution in [2.75, 3.05) is 11.9 Å². The maximum Gasteiger partial charge on any atom is 0.213 e. The summed E-state index contributed by atoms with van der Waals surface area (Å²) in [5.41, 5.74) is 9.00. The summed E-state index contributed by atoms with van der Waals surface area (Å²) >= 11 is 0. The van der Waals surface area contributed by atoms with Crippen LogP contribution in [0.3, 0.4) is 0 Å². The van der Waals surface area contributed by atoms with E-state index in [1.54, 1.807) is 6.20 Å². The van der Waals surface area contributed by atoms with Crippen molar-refractivity contribution in [2.24, 2.45) is 10.7 Å². The Kier molecular flexibility index (Phi) is 8.39. The van der Waals surface area contributed by atoms with E-state index in [0.29, 0.717) is 25.0 Å². The van der Waals surface area contributed by atoms with E-state index in [1.165, 1.54) is 5.56 Å². The third kappa shape index (κ3) is 6.85. The van der Waals surface area contributed by atoms with Crippen LogP contribution in [0.1, 0.15) is 24.5 Å². The van der Waals surface area contributed by atoms with Gasteiger partial charge in [-0.25, -0.2) is 9.98 Å². The Morgan fingerprint density at radius 2 is 1.96 bits per heavy atom. The number of nitrogens with zero attached hydrogens (tertiary/aromatic N) is 2. The van der Waals surface area contributed by atoms with Gasteiger partial charge in [0.25, 0.3) is 0 Å². The van der Waals surface area contributed by atoms with Gasteiger partial charge in [0, 0.05) is 18.0 Å². The van der Waals surface area contributed by atoms with Crippen LogP contribution in [0.2, 0.25) is 0 Å².